The summed E-state index contributed by atoms with van der Waals surface area (Å²) in [6.45, 7) is 2.16. The number of amides is 1. The van der Waals surface area contributed by atoms with Crippen LogP contribution in [-0.4, -0.2) is 76.0 Å². The van der Waals surface area contributed by atoms with E-state index in [1.54, 1.807) is 37.1 Å². The van der Waals surface area contributed by atoms with Crippen LogP contribution in [0.2, 0.25) is 0 Å². The van der Waals surface area contributed by atoms with Crippen LogP contribution in [0.5, 0.6) is 5.75 Å². The average molecular weight is 657 g/mol. The lowest BCUT2D eigenvalue weighted by molar-refractivity contribution is -0.137. The SMILES string of the molecule is COc1cc(C(=O)N[C@@H]2CCN(C)C[C@@H]2F)c(F)cc1Nc1ncc(C(F)(F)F)c(NCc2ccc(C)cc2N(C)S(=O)[O-])n1. The number of hydrogen-bond acceptors (Lipinski definition) is 9. The van der Waals surface area contributed by atoms with Crippen molar-refractivity contribution >= 4 is 40.3 Å². The first kappa shape index (κ1) is 33.8. The number of piperidine rings is 1. The van der Waals surface area contributed by atoms with Gasteiger partial charge in [0.25, 0.3) is 5.91 Å². The van der Waals surface area contributed by atoms with Gasteiger partial charge in [0.2, 0.25) is 5.95 Å². The molecule has 2 aromatic carbocycles. The highest BCUT2D eigenvalue weighted by Crippen LogP contribution is 2.36. The lowest BCUT2D eigenvalue weighted by Crippen LogP contribution is -2.51. The molecule has 0 bridgehead atoms. The van der Waals surface area contributed by atoms with Gasteiger partial charge in [0.05, 0.1) is 30.1 Å². The van der Waals surface area contributed by atoms with Crippen molar-refractivity contribution in [2.45, 2.75) is 38.3 Å². The quantitative estimate of drug-likeness (QED) is 0.216. The van der Waals surface area contributed by atoms with Crippen LogP contribution in [0.15, 0.2) is 36.5 Å². The van der Waals surface area contributed by atoms with Crippen LogP contribution in [0, 0.1) is 12.7 Å². The fourth-order valence-corrected chi connectivity index (χ4v) is 5.07. The van der Waals surface area contributed by atoms with Crippen molar-refractivity contribution in [3.63, 3.8) is 0 Å². The Morgan fingerprint density at radius 3 is 2.64 bits per heavy atom. The van der Waals surface area contributed by atoms with E-state index in [1.165, 1.54) is 14.2 Å². The summed E-state index contributed by atoms with van der Waals surface area (Å²) in [6.07, 6.45) is -5.32. The molecule has 2 heterocycles. The van der Waals surface area contributed by atoms with Gasteiger partial charge in [-0.3, -0.25) is 9.00 Å². The van der Waals surface area contributed by atoms with Gasteiger partial charge in [0.15, 0.2) is 0 Å². The number of nitrogens with zero attached hydrogens (tertiary/aromatic N) is 4. The third-order valence-electron chi connectivity index (χ3n) is 7.19. The Bertz CT molecular complexity index is 1580. The number of aromatic nitrogens is 2. The number of benzene rings is 2. The number of hydrogen-bond donors (Lipinski definition) is 3. The van der Waals surface area contributed by atoms with Gasteiger partial charge in [-0.15, -0.1) is 0 Å². The Balaban J connectivity index is 1.59. The Hall–Kier alpha value is -4.09. The summed E-state index contributed by atoms with van der Waals surface area (Å²) in [6, 6.07) is 5.98. The summed E-state index contributed by atoms with van der Waals surface area (Å²) in [5, 5.41) is 7.71. The van der Waals surface area contributed by atoms with Crippen molar-refractivity contribution in [3.8, 4) is 5.75 Å². The minimum absolute atomic E-state index is 0.0577. The number of halogens is 5. The number of alkyl halides is 4. The predicted molar refractivity (Wildman–Crippen MR) is 157 cm³/mol. The van der Waals surface area contributed by atoms with E-state index in [4.69, 9.17) is 4.74 Å². The number of nitrogens with one attached hydrogen (secondary N) is 3. The normalized spacial score (nSPS) is 17.8. The summed E-state index contributed by atoms with van der Waals surface area (Å²) < 4.78 is 100. The number of methoxy groups -OCH3 is 1. The number of anilines is 4. The third-order valence-corrected chi connectivity index (χ3v) is 7.83. The third kappa shape index (κ3) is 8.15. The second kappa shape index (κ2) is 13.9. The molecule has 11 nitrogen and oxygen atoms in total. The summed E-state index contributed by atoms with van der Waals surface area (Å²) in [7, 11) is 4.28. The highest BCUT2D eigenvalue weighted by atomic mass is 32.2. The van der Waals surface area contributed by atoms with E-state index in [0.29, 0.717) is 24.7 Å². The monoisotopic (exact) mass is 656 g/mol. The lowest BCUT2D eigenvalue weighted by atomic mass is 10.0. The second-order valence-corrected chi connectivity index (χ2v) is 11.4. The molecule has 17 heteroatoms. The Morgan fingerprint density at radius 1 is 1.27 bits per heavy atom. The van der Waals surface area contributed by atoms with E-state index in [9.17, 15) is 31.1 Å². The van der Waals surface area contributed by atoms with E-state index >= 15 is 4.39 Å². The van der Waals surface area contributed by atoms with Gasteiger partial charge >= 0.3 is 6.18 Å². The average Bonchev–Trinajstić information content (AvgIpc) is 2.97. The number of aryl methyl sites for hydroxylation is 1. The molecule has 3 atom stereocenters. The first-order valence-corrected chi connectivity index (χ1v) is 14.6. The molecular weight excluding hydrogens is 625 g/mol. The number of rotatable bonds is 10. The summed E-state index contributed by atoms with van der Waals surface area (Å²) >= 11 is -2.63. The Morgan fingerprint density at radius 2 is 2.00 bits per heavy atom. The maximum atomic E-state index is 15.1. The summed E-state index contributed by atoms with van der Waals surface area (Å²) in [5.41, 5.74) is -0.372. The smallest absolute Gasteiger partial charge is 0.421 e. The minimum Gasteiger partial charge on any atom is -0.755 e. The van der Waals surface area contributed by atoms with E-state index in [1.807, 2.05) is 0 Å². The summed E-state index contributed by atoms with van der Waals surface area (Å²) in [4.78, 5) is 22.2. The predicted octanol–water partition coefficient (Wildman–Crippen LogP) is 4.31. The van der Waals surface area contributed by atoms with Crippen LogP contribution in [0.4, 0.5) is 45.1 Å². The van der Waals surface area contributed by atoms with Gasteiger partial charge < -0.3 is 34.4 Å². The highest BCUT2D eigenvalue weighted by molar-refractivity contribution is 7.80. The maximum absolute atomic E-state index is 15.1. The number of carbonyl (C=O) groups is 1. The molecule has 1 aliphatic rings. The van der Waals surface area contributed by atoms with E-state index in [0.717, 1.165) is 22.0 Å². The van der Waals surface area contributed by atoms with Crippen LogP contribution in [0.1, 0.15) is 33.5 Å². The number of carbonyl (C=O) groups excluding carboxylic acids is 1. The number of ether oxygens (including phenoxy) is 1. The molecule has 0 aliphatic carbocycles. The molecule has 0 radical (unpaired) electrons. The van der Waals surface area contributed by atoms with Crippen molar-refractivity contribution in [2.24, 2.45) is 0 Å². The second-order valence-electron chi connectivity index (χ2n) is 10.5. The van der Waals surface area contributed by atoms with Crippen molar-refractivity contribution in [1.29, 1.82) is 0 Å². The topological polar surface area (TPSA) is 135 Å². The molecule has 1 aliphatic heterocycles. The van der Waals surface area contributed by atoms with Gasteiger partial charge in [-0.05, 0) is 43.7 Å². The lowest BCUT2D eigenvalue weighted by Gasteiger charge is -2.32. The molecule has 244 valence electrons. The molecule has 1 amide bonds. The molecule has 45 heavy (non-hydrogen) atoms. The molecule has 1 saturated heterocycles. The zero-order valence-electron chi connectivity index (χ0n) is 24.7. The van der Waals surface area contributed by atoms with Gasteiger partial charge in [0.1, 0.15) is 29.1 Å². The Labute approximate surface area is 258 Å². The zero-order chi connectivity index (χ0) is 33.1. The maximum Gasteiger partial charge on any atom is 0.421 e. The zero-order valence-corrected chi connectivity index (χ0v) is 25.5. The molecule has 3 N–H and O–H groups in total. The van der Waals surface area contributed by atoms with Crippen molar-refractivity contribution in [1.82, 2.24) is 20.2 Å². The van der Waals surface area contributed by atoms with Gasteiger partial charge in [0, 0.05) is 50.2 Å². The van der Waals surface area contributed by atoms with Crippen LogP contribution in [0.3, 0.4) is 0 Å². The Kier molecular flexibility index (Phi) is 10.4. The van der Waals surface area contributed by atoms with Crippen LogP contribution in [-0.2, 0) is 24.0 Å². The van der Waals surface area contributed by atoms with Gasteiger partial charge in [-0.1, -0.05) is 12.1 Å². The molecule has 1 aromatic heterocycles. The fourth-order valence-electron chi connectivity index (χ4n) is 4.74. The van der Waals surface area contributed by atoms with Crippen molar-refractivity contribution in [2.75, 3.05) is 49.2 Å². The highest BCUT2D eigenvalue weighted by Gasteiger charge is 2.35. The minimum atomic E-state index is -4.85. The molecule has 4 rings (SSSR count). The number of likely N-dealkylation sites (tertiary alicyclic amines) is 1. The first-order chi connectivity index (χ1) is 21.2. The molecule has 1 fully saturated rings. The first-order valence-electron chi connectivity index (χ1n) is 13.6. The molecule has 0 spiro atoms. The van der Waals surface area contributed by atoms with Gasteiger partial charge in [-0.2, -0.15) is 18.2 Å². The summed E-state index contributed by atoms with van der Waals surface area (Å²) in [5.74, 6) is -2.91. The van der Waals surface area contributed by atoms with Gasteiger partial charge in [-0.25, -0.2) is 13.8 Å². The van der Waals surface area contributed by atoms with Crippen molar-refractivity contribution < 1.29 is 40.2 Å². The van der Waals surface area contributed by atoms with Crippen molar-refractivity contribution in [3.05, 3.63) is 64.6 Å². The van der Waals surface area contributed by atoms with Crippen LogP contribution in [0.25, 0.3) is 0 Å². The standard InChI is InChI=1S/C28H32F5N7O4S/c1-15-5-6-16(23(9-15)40(3)45(42)43)12-34-25-18(28(31,32)33)13-35-27(38-25)37-22-11-19(29)17(10-24(22)44-4)26(41)36-21-7-8-39(2)14-20(21)30/h5-6,9-11,13,20-21H,7-8,12,14H2,1-4H3,(H,36,41)(H,42,43)(H2,34,35,37,38)/p-1/t20-,21+/m0/s1. The molecule has 3 aromatic rings. The van der Waals surface area contributed by atoms with E-state index < -0.39 is 58.3 Å². The molecular formula is C28H31F5N7O4S-. The van der Waals surface area contributed by atoms with Crippen LogP contribution < -0.4 is 25.0 Å². The molecule has 1 unspecified atom stereocenters. The van der Waals surface area contributed by atoms with E-state index in [-0.39, 0.29) is 36.2 Å². The van der Waals surface area contributed by atoms with E-state index in [2.05, 4.69) is 25.9 Å². The van der Waals surface area contributed by atoms with Crippen LogP contribution >= 0.6 is 0 Å². The largest absolute Gasteiger partial charge is 0.755 e. The molecule has 0 saturated carbocycles. The fraction of sp³-hybridized carbons (Fsp3) is 0.393.